The van der Waals surface area contributed by atoms with Crippen molar-refractivity contribution < 1.29 is 5.11 Å². The van der Waals surface area contributed by atoms with Crippen LogP contribution in [0.15, 0.2) is 0 Å². The third kappa shape index (κ3) is 2.46. The summed E-state index contributed by atoms with van der Waals surface area (Å²) in [6, 6.07) is 0. The van der Waals surface area contributed by atoms with E-state index in [1.165, 1.54) is 0 Å². The molecule has 1 fully saturated rings. The fourth-order valence-corrected chi connectivity index (χ4v) is 1.06. The molecular weight excluding hydrogens is 138 g/mol. The normalized spacial score (nSPS) is 24.8. The van der Waals surface area contributed by atoms with Crippen LogP contribution in [0.2, 0.25) is 0 Å². The Morgan fingerprint density at radius 3 is 2.18 bits per heavy atom. The van der Waals surface area contributed by atoms with E-state index in [1.54, 1.807) is 0 Å². The molecule has 1 saturated carbocycles. The minimum atomic E-state index is -0.255. The highest BCUT2D eigenvalue weighted by molar-refractivity contribution is 5.01. The van der Waals surface area contributed by atoms with Gasteiger partial charge >= 0.3 is 0 Å². The van der Waals surface area contributed by atoms with Gasteiger partial charge in [-0.2, -0.15) is 0 Å². The van der Waals surface area contributed by atoms with Gasteiger partial charge in [0.2, 0.25) is 0 Å². The molecule has 0 aromatic heterocycles. The van der Waals surface area contributed by atoms with E-state index in [2.05, 4.69) is 0 Å². The summed E-state index contributed by atoms with van der Waals surface area (Å²) in [6.07, 6.45) is 2.67. The highest BCUT2D eigenvalue weighted by atomic mass is 16.3. The minimum absolute atomic E-state index is 0.0189. The molecule has 1 aliphatic rings. The molecule has 0 amide bonds. The van der Waals surface area contributed by atoms with Gasteiger partial charge in [0, 0.05) is 5.54 Å². The molecule has 0 spiro atoms. The fraction of sp³-hybridized carbons (Fsp3) is 1.00. The number of hydrogen-bond donors (Lipinski definition) is 2. The van der Waals surface area contributed by atoms with Crippen molar-refractivity contribution in [2.75, 3.05) is 0 Å². The molecule has 0 saturated heterocycles. The highest BCUT2D eigenvalue weighted by Crippen LogP contribution is 2.39. The van der Waals surface area contributed by atoms with Crippen LogP contribution in [-0.4, -0.2) is 16.7 Å². The first-order chi connectivity index (χ1) is 4.83. The van der Waals surface area contributed by atoms with E-state index < -0.39 is 0 Å². The first kappa shape index (κ1) is 9.01. The first-order valence-electron chi connectivity index (χ1n) is 4.30. The van der Waals surface area contributed by atoms with Crippen LogP contribution in [0.4, 0.5) is 0 Å². The van der Waals surface area contributed by atoms with Gasteiger partial charge in [0.05, 0.1) is 6.10 Å². The topological polar surface area (TPSA) is 46.2 Å². The lowest BCUT2D eigenvalue weighted by Gasteiger charge is -2.28. The molecule has 11 heavy (non-hydrogen) atoms. The second kappa shape index (κ2) is 2.46. The van der Waals surface area contributed by atoms with Gasteiger partial charge in [-0.1, -0.05) is 20.8 Å². The molecule has 2 nitrogen and oxygen atoms in total. The Bertz CT molecular complexity index is 144. The van der Waals surface area contributed by atoms with Crippen molar-refractivity contribution in [3.8, 4) is 0 Å². The van der Waals surface area contributed by atoms with Crippen LogP contribution in [0.25, 0.3) is 0 Å². The summed E-state index contributed by atoms with van der Waals surface area (Å²) in [7, 11) is 0. The SMILES string of the molecule is CC(C)(C)C(O)CC1(N)CC1. The summed E-state index contributed by atoms with van der Waals surface area (Å²) in [5.74, 6) is 0. The largest absolute Gasteiger partial charge is 0.393 e. The van der Waals surface area contributed by atoms with Crippen LogP contribution >= 0.6 is 0 Å². The van der Waals surface area contributed by atoms with E-state index in [9.17, 15) is 5.11 Å². The monoisotopic (exact) mass is 157 g/mol. The zero-order valence-corrected chi connectivity index (χ0v) is 7.72. The van der Waals surface area contributed by atoms with Gasteiger partial charge in [-0.05, 0) is 24.7 Å². The molecule has 0 radical (unpaired) electrons. The van der Waals surface area contributed by atoms with E-state index in [4.69, 9.17) is 5.73 Å². The third-order valence-corrected chi connectivity index (χ3v) is 2.49. The minimum Gasteiger partial charge on any atom is -0.393 e. The zero-order valence-electron chi connectivity index (χ0n) is 7.72. The molecule has 1 rings (SSSR count). The van der Waals surface area contributed by atoms with Crippen molar-refractivity contribution in [3.63, 3.8) is 0 Å². The van der Waals surface area contributed by atoms with Gasteiger partial charge < -0.3 is 10.8 Å². The molecule has 2 heteroatoms. The van der Waals surface area contributed by atoms with Crippen LogP contribution in [0.5, 0.6) is 0 Å². The molecular formula is C9H19NO. The second-order valence-electron chi connectivity index (χ2n) is 4.95. The summed E-state index contributed by atoms with van der Waals surface area (Å²) < 4.78 is 0. The first-order valence-corrected chi connectivity index (χ1v) is 4.30. The Kier molecular flexibility index (Phi) is 2.01. The van der Waals surface area contributed by atoms with E-state index in [0.717, 1.165) is 19.3 Å². The number of rotatable bonds is 2. The lowest BCUT2D eigenvalue weighted by atomic mass is 9.85. The van der Waals surface area contributed by atoms with Gasteiger partial charge in [0.15, 0.2) is 0 Å². The Hall–Kier alpha value is -0.0800. The second-order valence-corrected chi connectivity index (χ2v) is 4.95. The van der Waals surface area contributed by atoms with Crippen molar-refractivity contribution in [1.29, 1.82) is 0 Å². The van der Waals surface area contributed by atoms with Gasteiger partial charge in [0.1, 0.15) is 0 Å². The van der Waals surface area contributed by atoms with Crippen molar-refractivity contribution >= 4 is 0 Å². The molecule has 1 unspecified atom stereocenters. The number of nitrogens with two attached hydrogens (primary N) is 1. The van der Waals surface area contributed by atoms with E-state index in [1.807, 2.05) is 20.8 Å². The smallest absolute Gasteiger partial charge is 0.0606 e. The molecule has 0 bridgehead atoms. The van der Waals surface area contributed by atoms with Crippen molar-refractivity contribution in [2.24, 2.45) is 11.1 Å². The summed E-state index contributed by atoms with van der Waals surface area (Å²) in [6.45, 7) is 6.14. The predicted molar refractivity (Wildman–Crippen MR) is 46.2 cm³/mol. The van der Waals surface area contributed by atoms with Crippen LogP contribution in [0.1, 0.15) is 40.0 Å². The molecule has 0 aromatic carbocycles. The maximum atomic E-state index is 9.68. The zero-order chi connectivity index (χ0) is 8.70. The van der Waals surface area contributed by atoms with E-state index in [0.29, 0.717) is 0 Å². The molecule has 1 aliphatic carbocycles. The molecule has 3 N–H and O–H groups in total. The Labute approximate surface area is 68.8 Å². The molecule has 0 aliphatic heterocycles. The van der Waals surface area contributed by atoms with Gasteiger partial charge in [-0.25, -0.2) is 0 Å². The van der Waals surface area contributed by atoms with Crippen LogP contribution in [-0.2, 0) is 0 Å². The summed E-state index contributed by atoms with van der Waals surface area (Å²) in [5, 5.41) is 9.68. The number of aliphatic hydroxyl groups excluding tert-OH is 1. The Balaban J connectivity index is 2.37. The average molecular weight is 157 g/mol. The standard InChI is InChI=1S/C9H19NO/c1-8(2,3)7(11)6-9(10)4-5-9/h7,11H,4-6,10H2,1-3H3. The third-order valence-electron chi connectivity index (χ3n) is 2.49. The van der Waals surface area contributed by atoms with Crippen molar-refractivity contribution in [2.45, 2.75) is 51.7 Å². The van der Waals surface area contributed by atoms with Crippen LogP contribution in [0, 0.1) is 5.41 Å². The molecule has 66 valence electrons. The van der Waals surface area contributed by atoms with Crippen molar-refractivity contribution in [3.05, 3.63) is 0 Å². The maximum absolute atomic E-state index is 9.68. The number of hydrogen-bond acceptors (Lipinski definition) is 2. The Morgan fingerprint density at radius 1 is 1.45 bits per heavy atom. The fourth-order valence-electron chi connectivity index (χ4n) is 1.06. The van der Waals surface area contributed by atoms with E-state index in [-0.39, 0.29) is 17.1 Å². The lowest BCUT2D eigenvalue weighted by Crippen LogP contribution is -2.35. The predicted octanol–water partition coefficient (Wildman–Crippen LogP) is 1.27. The van der Waals surface area contributed by atoms with Gasteiger partial charge in [-0.3, -0.25) is 0 Å². The van der Waals surface area contributed by atoms with Crippen LogP contribution < -0.4 is 5.73 Å². The molecule has 0 aromatic rings. The summed E-state index contributed by atoms with van der Waals surface area (Å²) in [5.41, 5.74) is 5.84. The summed E-state index contributed by atoms with van der Waals surface area (Å²) in [4.78, 5) is 0. The average Bonchev–Trinajstić information content (AvgIpc) is 2.45. The summed E-state index contributed by atoms with van der Waals surface area (Å²) >= 11 is 0. The lowest BCUT2D eigenvalue weighted by molar-refractivity contribution is 0.0474. The molecule has 0 heterocycles. The quantitative estimate of drug-likeness (QED) is 0.634. The van der Waals surface area contributed by atoms with E-state index >= 15 is 0 Å². The van der Waals surface area contributed by atoms with Crippen molar-refractivity contribution in [1.82, 2.24) is 0 Å². The van der Waals surface area contributed by atoms with Gasteiger partial charge in [0.25, 0.3) is 0 Å². The number of aliphatic hydroxyl groups is 1. The van der Waals surface area contributed by atoms with Gasteiger partial charge in [-0.15, -0.1) is 0 Å². The highest BCUT2D eigenvalue weighted by Gasteiger charge is 2.42. The maximum Gasteiger partial charge on any atom is 0.0606 e. The van der Waals surface area contributed by atoms with Crippen LogP contribution in [0.3, 0.4) is 0 Å². The Morgan fingerprint density at radius 2 is 1.91 bits per heavy atom. The molecule has 1 atom stereocenters.